The van der Waals surface area contributed by atoms with E-state index in [2.05, 4.69) is 25.7 Å². The fourth-order valence-corrected chi connectivity index (χ4v) is 4.91. The lowest BCUT2D eigenvalue weighted by Crippen LogP contribution is -2.38. The Bertz CT molecular complexity index is 1170. The van der Waals surface area contributed by atoms with Crippen LogP contribution in [-0.2, 0) is 9.59 Å². The number of aliphatic hydroxyl groups is 1. The highest BCUT2D eigenvalue weighted by molar-refractivity contribution is 6.46. The number of hydrogen-bond donors (Lipinski definition) is 1. The third kappa shape index (κ3) is 5.96. The summed E-state index contributed by atoms with van der Waals surface area (Å²) in [6.45, 7) is 10.4. The first-order chi connectivity index (χ1) is 18.5. The standard InChI is InChI=1S/C30H38N2O6/c1-4-7-8-16-36-23-11-9-10-21(19-23)27-26(29(34)30(35)32(27)15-14-31(5-2)6-3)28(33)22-12-13-24-25(20-22)38-18-17-37-24/h9-13,19-20,27,33H,4-8,14-18H2,1-3H3/b28-26-. The summed E-state index contributed by atoms with van der Waals surface area (Å²) in [6, 6.07) is 11.8. The number of nitrogens with zero attached hydrogens (tertiary/aromatic N) is 2. The van der Waals surface area contributed by atoms with Crippen molar-refractivity contribution in [2.45, 2.75) is 46.1 Å². The average molecular weight is 523 g/mol. The largest absolute Gasteiger partial charge is 0.507 e. The summed E-state index contributed by atoms with van der Waals surface area (Å²) in [7, 11) is 0. The van der Waals surface area contributed by atoms with Crippen LogP contribution >= 0.6 is 0 Å². The van der Waals surface area contributed by atoms with E-state index in [4.69, 9.17) is 14.2 Å². The Morgan fingerprint density at radius 2 is 1.79 bits per heavy atom. The van der Waals surface area contributed by atoms with Gasteiger partial charge in [-0.2, -0.15) is 0 Å². The molecule has 1 unspecified atom stereocenters. The number of ether oxygens (including phenoxy) is 3. The van der Waals surface area contributed by atoms with Crippen LogP contribution in [-0.4, -0.2) is 72.6 Å². The van der Waals surface area contributed by atoms with Gasteiger partial charge in [-0.25, -0.2) is 0 Å². The summed E-state index contributed by atoms with van der Waals surface area (Å²) in [4.78, 5) is 30.5. The van der Waals surface area contributed by atoms with Gasteiger partial charge in [-0.3, -0.25) is 9.59 Å². The molecule has 0 radical (unpaired) electrons. The summed E-state index contributed by atoms with van der Waals surface area (Å²) < 4.78 is 17.2. The number of fused-ring (bicyclic) bond motifs is 1. The number of ketones is 1. The van der Waals surface area contributed by atoms with Crippen molar-refractivity contribution < 1.29 is 28.9 Å². The zero-order chi connectivity index (χ0) is 27.1. The Morgan fingerprint density at radius 1 is 1.03 bits per heavy atom. The Balaban J connectivity index is 1.73. The smallest absolute Gasteiger partial charge is 0.295 e. The van der Waals surface area contributed by atoms with Crippen molar-refractivity contribution in [2.75, 3.05) is 46.0 Å². The molecule has 0 aromatic heterocycles. The predicted molar refractivity (Wildman–Crippen MR) is 146 cm³/mol. The maximum absolute atomic E-state index is 13.4. The fourth-order valence-electron chi connectivity index (χ4n) is 4.91. The SMILES string of the molecule is CCCCCOc1cccc(C2/C(=C(/O)c3ccc4c(c3)OCCO4)C(=O)C(=O)N2CCN(CC)CC)c1. The fraction of sp³-hybridized carbons (Fsp3) is 0.467. The van der Waals surface area contributed by atoms with Gasteiger partial charge in [0.2, 0.25) is 0 Å². The van der Waals surface area contributed by atoms with Gasteiger partial charge in [-0.1, -0.05) is 45.7 Å². The lowest BCUT2D eigenvalue weighted by atomic mass is 9.95. The molecule has 2 heterocycles. The molecule has 4 rings (SSSR count). The van der Waals surface area contributed by atoms with Gasteiger partial charge in [0, 0.05) is 18.7 Å². The number of aliphatic hydroxyl groups excluding tert-OH is 1. The van der Waals surface area contributed by atoms with Crippen molar-refractivity contribution in [3.8, 4) is 17.2 Å². The molecule has 1 atom stereocenters. The van der Waals surface area contributed by atoms with Crippen LogP contribution in [0, 0.1) is 0 Å². The van der Waals surface area contributed by atoms with Gasteiger partial charge in [0.1, 0.15) is 24.7 Å². The number of amides is 1. The number of rotatable bonds is 12. The van der Waals surface area contributed by atoms with Crippen molar-refractivity contribution >= 4 is 17.4 Å². The van der Waals surface area contributed by atoms with E-state index < -0.39 is 17.7 Å². The quantitative estimate of drug-likeness (QED) is 0.186. The van der Waals surface area contributed by atoms with Crippen molar-refractivity contribution in [3.63, 3.8) is 0 Å². The van der Waals surface area contributed by atoms with Crippen LogP contribution in [0.2, 0.25) is 0 Å². The first-order valence-corrected chi connectivity index (χ1v) is 13.6. The summed E-state index contributed by atoms with van der Waals surface area (Å²) in [5.74, 6) is 0.205. The number of carbonyl (C=O) groups is 2. The molecule has 0 aliphatic carbocycles. The zero-order valence-corrected chi connectivity index (χ0v) is 22.6. The van der Waals surface area contributed by atoms with E-state index in [9.17, 15) is 14.7 Å². The van der Waals surface area contributed by atoms with E-state index in [0.717, 1.165) is 37.9 Å². The molecule has 0 bridgehead atoms. The van der Waals surface area contributed by atoms with Gasteiger partial charge in [0.25, 0.3) is 11.7 Å². The van der Waals surface area contributed by atoms with Crippen molar-refractivity contribution in [1.29, 1.82) is 0 Å². The van der Waals surface area contributed by atoms with E-state index in [1.165, 1.54) is 0 Å². The molecule has 2 aliphatic rings. The Hall–Kier alpha value is -3.52. The molecular formula is C30H38N2O6. The molecule has 1 amide bonds. The number of carbonyl (C=O) groups excluding carboxylic acids is 2. The Morgan fingerprint density at radius 3 is 2.53 bits per heavy atom. The minimum absolute atomic E-state index is 0.0642. The summed E-state index contributed by atoms with van der Waals surface area (Å²) in [5, 5.41) is 11.4. The molecule has 1 N–H and O–H groups in total. The molecule has 8 heteroatoms. The summed E-state index contributed by atoms with van der Waals surface area (Å²) in [5.41, 5.74) is 1.18. The van der Waals surface area contributed by atoms with Gasteiger partial charge in [0.05, 0.1) is 18.2 Å². The summed E-state index contributed by atoms with van der Waals surface area (Å²) >= 11 is 0. The van der Waals surface area contributed by atoms with Crippen LogP contribution in [0.25, 0.3) is 5.76 Å². The van der Waals surface area contributed by atoms with Crippen LogP contribution in [0.15, 0.2) is 48.0 Å². The highest BCUT2D eigenvalue weighted by Crippen LogP contribution is 2.41. The molecule has 204 valence electrons. The van der Waals surface area contributed by atoms with Gasteiger partial charge in [-0.05, 0) is 55.4 Å². The topological polar surface area (TPSA) is 88.5 Å². The Labute approximate surface area is 224 Å². The van der Waals surface area contributed by atoms with E-state index in [1.54, 1.807) is 23.1 Å². The minimum Gasteiger partial charge on any atom is -0.507 e. The number of likely N-dealkylation sites (tertiary alicyclic amines) is 1. The minimum atomic E-state index is -0.738. The monoisotopic (exact) mass is 522 g/mol. The van der Waals surface area contributed by atoms with Gasteiger partial charge < -0.3 is 29.1 Å². The predicted octanol–water partition coefficient (Wildman–Crippen LogP) is 4.79. The molecule has 8 nitrogen and oxygen atoms in total. The van der Waals surface area contributed by atoms with E-state index >= 15 is 0 Å². The highest BCUT2D eigenvalue weighted by atomic mass is 16.6. The number of unbranched alkanes of at least 4 members (excludes halogenated alkanes) is 2. The van der Waals surface area contributed by atoms with Crippen molar-refractivity contribution in [1.82, 2.24) is 9.80 Å². The molecule has 2 aliphatic heterocycles. The van der Waals surface area contributed by atoms with Gasteiger partial charge in [0.15, 0.2) is 11.5 Å². The second-order valence-electron chi connectivity index (χ2n) is 9.51. The highest BCUT2D eigenvalue weighted by Gasteiger charge is 2.46. The number of Topliss-reactive ketones (excluding diaryl/α,β-unsaturated/α-hetero) is 1. The average Bonchev–Trinajstić information content (AvgIpc) is 3.20. The van der Waals surface area contributed by atoms with E-state index in [0.29, 0.717) is 55.7 Å². The van der Waals surface area contributed by atoms with Crippen LogP contribution in [0.1, 0.15) is 57.2 Å². The first-order valence-electron chi connectivity index (χ1n) is 13.6. The lowest BCUT2D eigenvalue weighted by molar-refractivity contribution is -0.140. The van der Waals surface area contributed by atoms with Crippen LogP contribution in [0.3, 0.4) is 0 Å². The third-order valence-electron chi connectivity index (χ3n) is 7.10. The molecular weight excluding hydrogens is 484 g/mol. The normalized spacial score (nSPS) is 18.3. The molecule has 1 saturated heterocycles. The Kier molecular flexibility index (Phi) is 9.29. The first kappa shape index (κ1) is 27.5. The second-order valence-corrected chi connectivity index (χ2v) is 9.51. The lowest BCUT2D eigenvalue weighted by Gasteiger charge is -2.28. The molecule has 38 heavy (non-hydrogen) atoms. The van der Waals surface area contributed by atoms with Crippen molar-refractivity contribution in [3.05, 3.63) is 59.2 Å². The van der Waals surface area contributed by atoms with Crippen LogP contribution in [0.5, 0.6) is 17.2 Å². The van der Waals surface area contributed by atoms with Crippen LogP contribution in [0.4, 0.5) is 0 Å². The molecule has 2 aromatic carbocycles. The maximum Gasteiger partial charge on any atom is 0.295 e. The van der Waals surface area contributed by atoms with Gasteiger partial charge in [-0.15, -0.1) is 0 Å². The van der Waals surface area contributed by atoms with Gasteiger partial charge >= 0.3 is 0 Å². The number of likely N-dealkylation sites (N-methyl/N-ethyl adjacent to an activating group) is 1. The summed E-state index contributed by atoms with van der Waals surface area (Å²) in [6.07, 6.45) is 3.14. The van der Waals surface area contributed by atoms with Crippen molar-refractivity contribution in [2.24, 2.45) is 0 Å². The van der Waals surface area contributed by atoms with Crippen LogP contribution < -0.4 is 14.2 Å². The molecule has 1 fully saturated rings. The second kappa shape index (κ2) is 12.8. The molecule has 0 spiro atoms. The van der Waals surface area contributed by atoms with E-state index in [-0.39, 0.29) is 11.3 Å². The third-order valence-corrected chi connectivity index (χ3v) is 7.10. The maximum atomic E-state index is 13.4. The zero-order valence-electron chi connectivity index (χ0n) is 22.6. The molecule has 2 aromatic rings. The number of hydrogen-bond acceptors (Lipinski definition) is 7. The molecule has 0 saturated carbocycles. The number of benzene rings is 2. The van der Waals surface area contributed by atoms with E-state index in [1.807, 2.05) is 24.3 Å².